The largest absolute Gasteiger partial charge is 0.493 e. The first kappa shape index (κ1) is 20.2. The summed E-state index contributed by atoms with van der Waals surface area (Å²) in [5.41, 5.74) is 0.913. The minimum atomic E-state index is -4.48. The Morgan fingerprint density at radius 3 is 2.57 bits per heavy atom. The highest BCUT2D eigenvalue weighted by atomic mass is 19.4. The molecule has 3 rings (SSSR count). The molecule has 0 aliphatic heterocycles. The number of hydrogen-bond donors (Lipinski definition) is 1. The van der Waals surface area contributed by atoms with Crippen molar-refractivity contribution in [2.45, 2.75) is 38.8 Å². The molecule has 1 heterocycles. The van der Waals surface area contributed by atoms with Gasteiger partial charge in [-0.15, -0.1) is 0 Å². The lowest BCUT2D eigenvalue weighted by atomic mass is 9.87. The van der Waals surface area contributed by atoms with Crippen LogP contribution in [0.5, 0.6) is 11.5 Å². The Morgan fingerprint density at radius 1 is 1.14 bits per heavy atom. The zero-order valence-electron chi connectivity index (χ0n) is 16.2. The molecular formula is C20H24F3N3O2. The van der Waals surface area contributed by atoms with E-state index in [4.69, 9.17) is 9.47 Å². The van der Waals surface area contributed by atoms with Crippen LogP contribution in [0.1, 0.15) is 35.9 Å². The third kappa shape index (κ3) is 4.48. The fourth-order valence-electron chi connectivity index (χ4n) is 3.45. The van der Waals surface area contributed by atoms with Crippen molar-refractivity contribution >= 4 is 5.95 Å². The standard InChI is InChI=1S/C20H24F3N3O2/c1-12-4-6-15-14(10-12)18(20(21,22)23)26-19(25-15)24-9-8-13-5-7-16(27-2)17(11-13)28-3/h5,7,11-12H,4,6,8-10H2,1-3H3,(H,24,25,26)/t12-/m0/s1. The van der Waals surface area contributed by atoms with Gasteiger partial charge in [-0.1, -0.05) is 13.0 Å². The number of methoxy groups -OCH3 is 2. The maximum absolute atomic E-state index is 13.5. The molecule has 1 aliphatic carbocycles. The van der Waals surface area contributed by atoms with Gasteiger partial charge in [0, 0.05) is 17.8 Å². The number of fused-ring (bicyclic) bond motifs is 1. The molecule has 0 radical (unpaired) electrons. The predicted molar refractivity (Wildman–Crippen MR) is 100.0 cm³/mol. The Morgan fingerprint density at radius 2 is 1.89 bits per heavy atom. The number of halogens is 3. The minimum absolute atomic E-state index is 0.0288. The summed E-state index contributed by atoms with van der Waals surface area (Å²) in [6, 6.07) is 5.53. The number of nitrogens with one attached hydrogen (secondary N) is 1. The fourth-order valence-corrected chi connectivity index (χ4v) is 3.45. The van der Waals surface area contributed by atoms with Crippen LogP contribution in [0.4, 0.5) is 19.1 Å². The summed E-state index contributed by atoms with van der Waals surface area (Å²) in [7, 11) is 3.12. The molecule has 0 fully saturated rings. The second kappa shape index (κ2) is 8.24. The van der Waals surface area contributed by atoms with Gasteiger partial charge in [0.05, 0.1) is 14.2 Å². The first-order valence-corrected chi connectivity index (χ1v) is 9.23. The molecule has 5 nitrogen and oxygen atoms in total. The highest BCUT2D eigenvalue weighted by Crippen LogP contribution is 2.36. The van der Waals surface area contributed by atoms with E-state index in [0.29, 0.717) is 43.0 Å². The summed E-state index contributed by atoms with van der Waals surface area (Å²) in [5.74, 6) is 1.47. The van der Waals surface area contributed by atoms with Crippen LogP contribution < -0.4 is 14.8 Å². The van der Waals surface area contributed by atoms with Gasteiger partial charge in [-0.05, 0) is 49.3 Å². The number of aryl methyl sites for hydroxylation is 1. The monoisotopic (exact) mass is 395 g/mol. The maximum Gasteiger partial charge on any atom is 0.433 e. The maximum atomic E-state index is 13.5. The van der Waals surface area contributed by atoms with Gasteiger partial charge in [-0.3, -0.25) is 0 Å². The molecule has 1 aliphatic rings. The zero-order valence-corrected chi connectivity index (χ0v) is 16.2. The van der Waals surface area contributed by atoms with E-state index in [0.717, 1.165) is 12.0 Å². The summed E-state index contributed by atoms with van der Waals surface area (Å²) in [5, 5.41) is 2.94. The van der Waals surface area contributed by atoms with Crippen molar-refractivity contribution in [3.8, 4) is 11.5 Å². The van der Waals surface area contributed by atoms with Crippen molar-refractivity contribution in [2.24, 2.45) is 5.92 Å². The van der Waals surface area contributed by atoms with Crippen LogP contribution in [0, 0.1) is 5.92 Å². The van der Waals surface area contributed by atoms with Gasteiger partial charge in [0.15, 0.2) is 17.2 Å². The van der Waals surface area contributed by atoms with Gasteiger partial charge in [-0.2, -0.15) is 13.2 Å². The van der Waals surface area contributed by atoms with Crippen molar-refractivity contribution in [1.82, 2.24) is 9.97 Å². The van der Waals surface area contributed by atoms with Crippen molar-refractivity contribution < 1.29 is 22.6 Å². The first-order chi connectivity index (χ1) is 13.3. The molecule has 28 heavy (non-hydrogen) atoms. The normalized spacial score (nSPS) is 16.4. The lowest BCUT2D eigenvalue weighted by molar-refractivity contribution is -0.142. The average Bonchev–Trinajstić information content (AvgIpc) is 2.66. The molecule has 0 spiro atoms. The second-order valence-corrected chi connectivity index (χ2v) is 7.03. The lowest BCUT2D eigenvalue weighted by Crippen LogP contribution is -2.23. The second-order valence-electron chi connectivity index (χ2n) is 7.03. The van der Waals surface area contributed by atoms with Crippen molar-refractivity contribution in [3.63, 3.8) is 0 Å². The third-order valence-electron chi connectivity index (χ3n) is 4.93. The number of nitrogens with zero attached hydrogens (tertiary/aromatic N) is 2. The van der Waals surface area contributed by atoms with Crippen LogP contribution in [-0.4, -0.2) is 30.7 Å². The Kier molecular flexibility index (Phi) is 5.96. The summed E-state index contributed by atoms with van der Waals surface area (Å²) < 4.78 is 50.9. The molecule has 1 atom stereocenters. The van der Waals surface area contributed by atoms with Crippen molar-refractivity contribution in [2.75, 3.05) is 26.1 Å². The highest BCUT2D eigenvalue weighted by Gasteiger charge is 2.38. The number of benzene rings is 1. The quantitative estimate of drug-likeness (QED) is 0.791. The first-order valence-electron chi connectivity index (χ1n) is 9.23. The number of anilines is 1. The van der Waals surface area contributed by atoms with Crippen molar-refractivity contribution in [1.29, 1.82) is 0 Å². The molecule has 0 unspecified atom stereocenters. The van der Waals surface area contributed by atoms with Gasteiger partial charge >= 0.3 is 6.18 Å². The van der Waals surface area contributed by atoms with E-state index in [9.17, 15) is 13.2 Å². The van der Waals surface area contributed by atoms with E-state index < -0.39 is 11.9 Å². The van der Waals surface area contributed by atoms with E-state index in [1.165, 1.54) is 0 Å². The Bertz CT molecular complexity index is 840. The molecule has 0 saturated carbocycles. The molecule has 0 saturated heterocycles. The van der Waals surface area contributed by atoms with Gasteiger partial charge in [0.1, 0.15) is 0 Å². The Balaban J connectivity index is 1.74. The van der Waals surface area contributed by atoms with E-state index in [1.54, 1.807) is 20.3 Å². The van der Waals surface area contributed by atoms with Crippen molar-refractivity contribution in [3.05, 3.63) is 40.7 Å². The topological polar surface area (TPSA) is 56.3 Å². The molecular weight excluding hydrogens is 371 g/mol. The van der Waals surface area contributed by atoms with Crippen LogP contribution >= 0.6 is 0 Å². The molecule has 152 valence electrons. The molecule has 2 aromatic rings. The van der Waals surface area contributed by atoms with Gasteiger partial charge < -0.3 is 14.8 Å². The molecule has 1 aromatic carbocycles. The molecule has 1 N–H and O–H groups in total. The SMILES string of the molecule is COc1ccc(CCNc2nc3c(c(C(F)(F)F)n2)C[C@@H](C)CC3)cc1OC. The summed E-state index contributed by atoms with van der Waals surface area (Å²) in [6.45, 7) is 2.36. The number of rotatable bonds is 6. The average molecular weight is 395 g/mol. The molecule has 0 amide bonds. The van der Waals surface area contributed by atoms with E-state index in [1.807, 2.05) is 19.1 Å². The lowest BCUT2D eigenvalue weighted by Gasteiger charge is -2.24. The van der Waals surface area contributed by atoms with Crippen LogP contribution in [0.25, 0.3) is 0 Å². The molecule has 1 aromatic heterocycles. The Hall–Kier alpha value is -2.51. The smallest absolute Gasteiger partial charge is 0.433 e. The van der Waals surface area contributed by atoms with Gasteiger partial charge in [0.25, 0.3) is 0 Å². The number of alkyl halides is 3. The van der Waals surface area contributed by atoms with E-state index >= 15 is 0 Å². The van der Waals surface area contributed by atoms with Crippen LogP contribution in [0.2, 0.25) is 0 Å². The number of hydrogen-bond acceptors (Lipinski definition) is 5. The summed E-state index contributed by atoms with van der Waals surface area (Å²) in [6.07, 6.45) is -2.14. The predicted octanol–water partition coefficient (Wildman–Crippen LogP) is 4.29. The minimum Gasteiger partial charge on any atom is -0.493 e. The van der Waals surface area contributed by atoms with E-state index in [2.05, 4.69) is 15.3 Å². The summed E-state index contributed by atoms with van der Waals surface area (Å²) >= 11 is 0. The van der Waals surface area contributed by atoms with E-state index in [-0.39, 0.29) is 17.4 Å². The van der Waals surface area contributed by atoms with Gasteiger partial charge in [0.2, 0.25) is 5.95 Å². The molecule has 8 heteroatoms. The van der Waals surface area contributed by atoms with Gasteiger partial charge in [-0.25, -0.2) is 9.97 Å². The highest BCUT2D eigenvalue weighted by molar-refractivity contribution is 5.43. The van der Waals surface area contributed by atoms with Crippen LogP contribution in [-0.2, 0) is 25.4 Å². The summed E-state index contributed by atoms with van der Waals surface area (Å²) in [4.78, 5) is 8.14. The fraction of sp³-hybridized carbons (Fsp3) is 0.500. The molecule has 0 bridgehead atoms. The third-order valence-corrected chi connectivity index (χ3v) is 4.93. The Labute approximate surface area is 162 Å². The number of aromatic nitrogens is 2. The zero-order chi connectivity index (χ0) is 20.3. The van der Waals surface area contributed by atoms with Crippen LogP contribution in [0.15, 0.2) is 18.2 Å². The number of ether oxygens (including phenoxy) is 2. The van der Waals surface area contributed by atoms with Crippen LogP contribution in [0.3, 0.4) is 0 Å².